The molecule has 6 aromatic carbocycles. The first-order valence-electron chi connectivity index (χ1n) is 33.6. The van der Waals surface area contributed by atoms with Gasteiger partial charge in [-0.3, -0.25) is 23.4 Å². The van der Waals surface area contributed by atoms with Crippen LogP contribution >= 0.6 is 11.8 Å². The number of hydrogen-bond acceptors (Lipinski definition) is 10. The maximum atomic E-state index is 12.9. The summed E-state index contributed by atoms with van der Waals surface area (Å²) >= 11 is 1.88. The second-order valence-corrected chi connectivity index (χ2v) is 28.3. The molecule has 0 fully saturated rings. The first kappa shape index (κ1) is 79.2. The predicted octanol–water partition coefficient (Wildman–Crippen LogP) is 18.7. The van der Waals surface area contributed by atoms with Gasteiger partial charge in [0.2, 0.25) is 0 Å². The summed E-state index contributed by atoms with van der Waals surface area (Å²) in [6.07, 6.45) is -3.13. The SMILES string of the molecule is Cc1c(C#N)c(C(F)(F)F)nn1C.Cc1c2ccccc2nn1-c1ccc(C(C)(C)C)cc1.Cc1c2ccccc2nn1-c1ccc(F)cc1.Cc1cc(C)n(CC(O)C(C)(C)C)n1.Cc1ccccc1SCc1c(-c2ccccc2)nn(C)c1C.Cc1ccnn1C.Cc1nn(C)c(C)c1C. The fourth-order valence-corrected chi connectivity index (χ4v) is 11.7. The third kappa shape index (κ3) is 20.5. The number of nitriles is 1. The molecule has 0 aliphatic carbocycles. The Morgan fingerprint density at radius 2 is 1.04 bits per heavy atom. The highest BCUT2D eigenvalue weighted by Crippen LogP contribution is 2.34. The van der Waals surface area contributed by atoms with Gasteiger partial charge in [0.15, 0.2) is 5.69 Å². The molecule has 0 aliphatic heterocycles. The van der Waals surface area contributed by atoms with Crippen LogP contribution in [0.25, 0.3) is 44.4 Å². The van der Waals surface area contributed by atoms with Gasteiger partial charge in [0.05, 0.1) is 57.8 Å². The van der Waals surface area contributed by atoms with E-state index in [1.807, 2.05) is 165 Å². The molecule has 0 saturated carbocycles. The Morgan fingerprint density at radius 1 is 0.529 bits per heavy atom. The molecule has 102 heavy (non-hydrogen) atoms. The van der Waals surface area contributed by atoms with Gasteiger partial charge in [0, 0.05) is 101 Å². The second kappa shape index (κ2) is 34.5. The molecule has 1 unspecified atom stereocenters. The quantitative estimate of drug-likeness (QED) is 0.114. The standard InChI is InChI=1S/C19H20N2S.C18H20N2.C14H11FN2.C11H20N2O.C7H6F3N3.C7H12N2.C5H8N2/c1-14-9-7-8-12-18(14)22-13-17-15(2)21(3)20-19(17)16-10-5-4-6-11-16;1-13-16-7-5-6-8-17(16)19-20(13)15-11-9-14(10-12-15)18(2,3)4;1-10-13-4-2-3-5-14(13)16-17(10)12-8-6-11(15)7-9-12;1-8-6-9(2)13(12-8)7-10(14)11(3,4)5;1-4-5(3-11)6(7(8,9)10)12-13(4)2;1-5-6(2)8-9(4)7(5)3;1-5-3-4-6-7(5)2/h4-12H,13H2,1-3H3;5-12H,1-4H3;2-9H,1H3;6,10,14H,7H2,1-5H3;1-2H3;1-4H3;3-4H,1-2H3. The Balaban J connectivity index is 0.000000171. The van der Waals surface area contributed by atoms with Crippen LogP contribution in [0, 0.1) is 98.7 Å². The topological polar surface area (TPSA) is 169 Å². The number of nitrogens with zero attached hydrogens (tertiary/aromatic N) is 15. The van der Waals surface area contributed by atoms with Crippen molar-refractivity contribution in [1.29, 1.82) is 5.26 Å². The lowest BCUT2D eigenvalue weighted by Crippen LogP contribution is -2.31. The van der Waals surface area contributed by atoms with Crippen LogP contribution < -0.4 is 0 Å². The monoisotopic (exact) mass is 1400 g/mol. The maximum Gasteiger partial charge on any atom is 0.436 e. The second-order valence-electron chi connectivity index (χ2n) is 27.3. The first-order valence-corrected chi connectivity index (χ1v) is 34.6. The minimum absolute atomic E-state index is 0.0910. The number of aliphatic hydroxyl groups excluding tert-OH is 1. The molecular formula is C81H97F4N15OS. The zero-order valence-corrected chi connectivity index (χ0v) is 63.5. The Labute approximate surface area is 602 Å². The summed E-state index contributed by atoms with van der Waals surface area (Å²) in [7, 11) is 7.28. The van der Waals surface area contributed by atoms with E-state index >= 15 is 0 Å². The lowest BCUT2D eigenvalue weighted by atomic mass is 9.87. The van der Waals surface area contributed by atoms with Gasteiger partial charge in [-0.2, -0.15) is 54.1 Å². The Bertz CT molecular complexity index is 4870. The minimum atomic E-state index is -4.56. The Morgan fingerprint density at radius 3 is 1.45 bits per heavy atom. The molecule has 7 aromatic heterocycles. The van der Waals surface area contributed by atoms with Crippen molar-refractivity contribution in [2.24, 2.45) is 33.6 Å². The number of thioether (sulfide) groups is 1. The molecule has 0 spiro atoms. The summed E-state index contributed by atoms with van der Waals surface area (Å²) in [5.41, 5.74) is 19.5. The largest absolute Gasteiger partial charge is 0.436 e. The maximum absolute atomic E-state index is 12.9. The van der Waals surface area contributed by atoms with Gasteiger partial charge in [-0.1, -0.05) is 139 Å². The highest BCUT2D eigenvalue weighted by atomic mass is 32.2. The molecular weight excluding hydrogens is 1310 g/mol. The number of rotatable bonds is 8. The third-order valence-corrected chi connectivity index (χ3v) is 19.0. The van der Waals surface area contributed by atoms with Gasteiger partial charge in [-0.05, 0) is 170 Å². The smallest absolute Gasteiger partial charge is 0.391 e. The minimum Gasteiger partial charge on any atom is -0.391 e. The van der Waals surface area contributed by atoms with Gasteiger partial charge in [-0.15, -0.1) is 11.8 Å². The van der Waals surface area contributed by atoms with E-state index in [2.05, 4.69) is 172 Å². The number of hydrogen-bond donors (Lipinski definition) is 1. The molecule has 13 rings (SSSR count). The zero-order chi connectivity index (χ0) is 75.1. The summed E-state index contributed by atoms with van der Waals surface area (Å²) in [6.45, 7) is 35.4. The van der Waals surface area contributed by atoms with Crippen LogP contribution in [0.4, 0.5) is 17.6 Å². The van der Waals surface area contributed by atoms with E-state index in [1.165, 1.54) is 93.0 Å². The van der Waals surface area contributed by atoms with Crippen molar-refractivity contribution in [2.75, 3.05) is 0 Å². The molecule has 1 atom stereocenters. The fraction of sp³-hybridized carbons (Fsp3) is 0.333. The van der Waals surface area contributed by atoms with Crippen molar-refractivity contribution in [2.45, 2.75) is 153 Å². The highest BCUT2D eigenvalue weighted by Gasteiger charge is 2.38. The van der Waals surface area contributed by atoms with Gasteiger partial charge in [0.25, 0.3) is 0 Å². The average Bonchev–Trinajstić information content (AvgIpc) is 1.65. The van der Waals surface area contributed by atoms with Gasteiger partial charge < -0.3 is 5.11 Å². The number of fused-ring (bicyclic) bond motifs is 2. The van der Waals surface area contributed by atoms with E-state index < -0.39 is 17.4 Å². The molecule has 0 saturated heterocycles. The van der Waals surface area contributed by atoms with Crippen molar-refractivity contribution >= 4 is 33.6 Å². The molecule has 1 N–H and O–H groups in total. The molecule has 7 heterocycles. The van der Waals surface area contributed by atoms with Crippen LogP contribution in [-0.2, 0) is 52.1 Å². The predicted molar refractivity (Wildman–Crippen MR) is 405 cm³/mol. The molecule has 536 valence electrons. The fourth-order valence-electron chi connectivity index (χ4n) is 10.6. The van der Waals surface area contributed by atoms with Crippen LogP contribution in [0.15, 0.2) is 175 Å². The summed E-state index contributed by atoms with van der Waals surface area (Å²) in [6, 6.07) is 55.7. The number of alkyl halides is 3. The molecule has 21 heteroatoms. The normalized spacial score (nSPS) is 11.5. The number of halogens is 4. The third-order valence-electron chi connectivity index (χ3n) is 17.8. The van der Waals surface area contributed by atoms with Crippen LogP contribution in [0.3, 0.4) is 0 Å². The summed E-state index contributed by atoms with van der Waals surface area (Å²) in [5.74, 6) is 0.706. The number of benzene rings is 6. The number of aliphatic hydroxyl groups is 1. The Hall–Kier alpha value is -10.2. The van der Waals surface area contributed by atoms with E-state index in [-0.39, 0.29) is 28.4 Å². The van der Waals surface area contributed by atoms with E-state index in [1.54, 1.807) is 18.3 Å². The van der Waals surface area contributed by atoms with Crippen LogP contribution in [-0.4, -0.2) is 79.7 Å². The van der Waals surface area contributed by atoms with Crippen LogP contribution in [0.1, 0.15) is 126 Å². The van der Waals surface area contributed by atoms with Crippen molar-refractivity contribution < 1.29 is 22.7 Å². The zero-order valence-electron chi connectivity index (χ0n) is 62.7. The summed E-state index contributed by atoms with van der Waals surface area (Å²) in [4.78, 5) is 1.34. The Kier molecular flexibility index (Phi) is 26.7. The molecule has 0 bridgehead atoms. The van der Waals surface area contributed by atoms with Gasteiger partial charge in [-0.25, -0.2) is 13.8 Å². The van der Waals surface area contributed by atoms with Crippen LogP contribution in [0.2, 0.25) is 0 Å². The number of aromatic nitrogens is 14. The van der Waals surface area contributed by atoms with Crippen molar-refractivity contribution in [3.8, 4) is 28.7 Å². The molecule has 0 aliphatic rings. The van der Waals surface area contributed by atoms with Gasteiger partial charge in [0.1, 0.15) is 17.4 Å². The van der Waals surface area contributed by atoms with Gasteiger partial charge >= 0.3 is 6.18 Å². The van der Waals surface area contributed by atoms with E-state index in [0.29, 0.717) is 6.54 Å². The van der Waals surface area contributed by atoms with E-state index in [4.69, 9.17) is 15.5 Å². The molecule has 0 amide bonds. The van der Waals surface area contributed by atoms with Crippen LogP contribution in [0.5, 0.6) is 0 Å². The highest BCUT2D eigenvalue weighted by molar-refractivity contribution is 7.98. The average molecular weight is 1400 g/mol. The molecule has 0 radical (unpaired) electrons. The van der Waals surface area contributed by atoms with Crippen molar-refractivity contribution in [3.63, 3.8) is 0 Å². The summed E-state index contributed by atoms with van der Waals surface area (Å²) < 4.78 is 62.0. The molecule has 16 nitrogen and oxygen atoms in total. The van der Waals surface area contributed by atoms with Crippen molar-refractivity contribution in [1.82, 2.24) is 68.5 Å². The first-order chi connectivity index (χ1) is 48.0. The lowest BCUT2D eigenvalue weighted by molar-refractivity contribution is -0.141. The summed E-state index contributed by atoms with van der Waals surface area (Å²) in [5, 5.41) is 50.3. The van der Waals surface area contributed by atoms with Crippen molar-refractivity contribution in [3.05, 3.63) is 261 Å². The van der Waals surface area contributed by atoms with E-state index in [9.17, 15) is 22.7 Å². The number of aryl methyl sites for hydroxylation is 11. The lowest BCUT2D eigenvalue weighted by Gasteiger charge is -2.26. The molecule has 13 aromatic rings. The van der Waals surface area contributed by atoms with E-state index in [0.717, 1.165) is 66.7 Å².